The minimum atomic E-state index is 0.501. The molecule has 2 heteroatoms. The Kier molecular flexibility index (Phi) is 4.56. The van der Waals surface area contributed by atoms with Crippen molar-refractivity contribution in [2.75, 3.05) is 12.4 Å². The molecule has 0 saturated carbocycles. The molecule has 2 unspecified atom stereocenters. The van der Waals surface area contributed by atoms with Crippen LogP contribution in [-0.4, -0.2) is 13.1 Å². The Hall–Kier alpha value is -1.28. The Balaban J connectivity index is 0.000000606. The highest BCUT2D eigenvalue weighted by Crippen LogP contribution is 2.32. The van der Waals surface area contributed by atoms with Crippen molar-refractivity contribution in [2.45, 2.75) is 32.4 Å². The van der Waals surface area contributed by atoms with Gasteiger partial charge >= 0.3 is 0 Å². The van der Waals surface area contributed by atoms with Gasteiger partial charge in [-0.1, -0.05) is 17.7 Å². The summed E-state index contributed by atoms with van der Waals surface area (Å²) in [5, 5.41) is 6.89. The fraction of sp³-hybridized carbons (Fsp3) is 0.429. The van der Waals surface area contributed by atoms with Crippen LogP contribution >= 0.6 is 0 Å². The number of anilines is 1. The van der Waals surface area contributed by atoms with Gasteiger partial charge in [0.1, 0.15) is 0 Å². The first-order valence-electron chi connectivity index (χ1n) is 5.75. The van der Waals surface area contributed by atoms with Crippen molar-refractivity contribution in [3.05, 3.63) is 42.5 Å². The first kappa shape index (κ1) is 12.8. The number of hydrogen-bond acceptors (Lipinski definition) is 2. The van der Waals surface area contributed by atoms with E-state index in [1.54, 1.807) is 0 Å². The van der Waals surface area contributed by atoms with E-state index in [1.807, 2.05) is 7.05 Å². The van der Waals surface area contributed by atoms with Crippen LogP contribution in [0, 0.1) is 6.92 Å². The highest BCUT2D eigenvalue weighted by molar-refractivity contribution is 5.56. The van der Waals surface area contributed by atoms with Crippen LogP contribution in [0.1, 0.15) is 30.5 Å². The Morgan fingerprint density at radius 3 is 2.69 bits per heavy atom. The van der Waals surface area contributed by atoms with Crippen molar-refractivity contribution in [1.82, 2.24) is 5.32 Å². The van der Waals surface area contributed by atoms with Gasteiger partial charge in [-0.15, -0.1) is 13.2 Å². The molecule has 16 heavy (non-hydrogen) atoms. The summed E-state index contributed by atoms with van der Waals surface area (Å²) in [6.45, 7) is 10.4. The topological polar surface area (TPSA) is 24.1 Å². The van der Waals surface area contributed by atoms with E-state index in [2.05, 4.69) is 55.8 Å². The molecule has 2 nitrogen and oxygen atoms in total. The molecule has 1 aromatic rings. The lowest BCUT2D eigenvalue weighted by Gasteiger charge is -2.31. The predicted octanol–water partition coefficient (Wildman–Crippen LogP) is 3.26. The van der Waals surface area contributed by atoms with Crippen molar-refractivity contribution in [1.29, 1.82) is 0 Å². The number of benzene rings is 1. The van der Waals surface area contributed by atoms with Crippen LogP contribution in [0.3, 0.4) is 0 Å². The Bertz CT molecular complexity index is 347. The lowest BCUT2D eigenvalue weighted by atomic mass is 9.92. The van der Waals surface area contributed by atoms with Gasteiger partial charge in [0.05, 0.1) is 0 Å². The maximum absolute atomic E-state index is 3.51. The van der Waals surface area contributed by atoms with Crippen LogP contribution in [0.2, 0.25) is 0 Å². The Labute approximate surface area is 98.8 Å². The molecular formula is C14H22N2. The Morgan fingerprint density at radius 1 is 1.38 bits per heavy atom. The molecule has 1 aliphatic heterocycles. The zero-order chi connectivity index (χ0) is 12.1. The maximum Gasteiger partial charge on any atom is 0.0390 e. The summed E-state index contributed by atoms with van der Waals surface area (Å²) >= 11 is 0. The largest absolute Gasteiger partial charge is 0.382 e. The first-order chi connectivity index (χ1) is 7.70. The zero-order valence-corrected chi connectivity index (χ0v) is 10.5. The molecule has 1 aromatic carbocycles. The minimum absolute atomic E-state index is 0.501. The molecular weight excluding hydrogens is 196 g/mol. The third-order valence-corrected chi connectivity index (χ3v) is 2.92. The molecule has 0 bridgehead atoms. The number of fused-ring (bicyclic) bond motifs is 1. The van der Waals surface area contributed by atoms with E-state index in [0.29, 0.717) is 12.1 Å². The highest BCUT2D eigenvalue weighted by atomic mass is 15.0. The second kappa shape index (κ2) is 5.71. The van der Waals surface area contributed by atoms with Gasteiger partial charge in [0.2, 0.25) is 0 Å². The van der Waals surface area contributed by atoms with E-state index in [0.717, 1.165) is 6.42 Å². The van der Waals surface area contributed by atoms with E-state index in [4.69, 9.17) is 0 Å². The average Bonchev–Trinajstić information content (AvgIpc) is 2.31. The summed E-state index contributed by atoms with van der Waals surface area (Å²) < 4.78 is 0. The normalized spacial score (nSPS) is 22.4. The Morgan fingerprint density at radius 2 is 2.06 bits per heavy atom. The van der Waals surface area contributed by atoms with Crippen LogP contribution in [-0.2, 0) is 0 Å². The second-order valence-electron chi connectivity index (χ2n) is 4.21. The smallest absolute Gasteiger partial charge is 0.0390 e. The molecule has 88 valence electrons. The molecule has 2 rings (SSSR count). The molecule has 0 aliphatic carbocycles. The SMILES string of the molecule is C=C.CNC1CC(C)Nc2ccc(C)cc21. The number of rotatable bonds is 1. The van der Waals surface area contributed by atoms with Crippen molar-refractivity contribution < 1.29 is 0 Å². The standard InChI is InChI=1S/C12H18N2.C2H4/c1-8-4-5-11-10(6-8)12(13-3)7-9(2)14-11;1-2/h4-6,9,12-14H,7H2,1-3H3;1-2H2. The summed E-state index contributed by atoms with van der Waals surface area (Å²) in [7, 11) is 2.04. The predicted molar refractivity (Wildman–Crippen MR) is 71.9 cm³/mol. The van der Waals surface area contributed by atoms with Crippen LogP contribution in [0.4, 0.5) is 5.69 Å². The molecule has 0 aromatic heterocycles. The van der Waals surface area contributed by atoms with Crippen molar-refractivity contribution in [3.8, 4) is 0 Å². The quantitative estimate of drug-likeness (QED) is 0.707. The van der Waals surface area contributed by atoms with Gasteiger partial charge in [-0.2, -0.15) is 0 Å². The second-order valence-corrected chi connectivity index (χ2v) is 4.21. The van der Waals surface area contributed by atoms with Crippen LogP contribution < -0.4 is 10.6 Å². The zero-order valence-electron chi connectivity index (χ0n) is 10.5. The molecule has 0 saturated heterocycles. The van der Waals surface area contributed by atoms with E-state index >= 15 is 0 Å². The van der Waals surface area contributed by atoms with Crippen molar-refractivity contribution >= 4 is 5.69 Å². The molecule has 2 N–H and O–H groups in total. The third kappa shape index (κ3) is 2.64. The summed E-state index contributed by atoms with van der Waals surface area (Å²) in [5.41, 5.74) is 4.03. The van der Waals surface area contributed by atoms with Gasteiger partial charge in [-0.3, -0.25) is 0 Å². The van der Waals surface area contributed by atoms with Crippen molar-refractivity contribution in [3.63, 3.8) is 0 Å². The monoisotopic (exact) mass is 218 g/mol. The highest BCUT2D eigenvalue weighted by Gasteiger charge is 2.22. The lowest BCUT2D eigenvalue weighted by Crippen LogP contribution is -2.31. The number of nitrogens with one attached hydrogen (secondary N) is 2. The fourth-order valence-electron chi connectivity index (χ4n) is 2.18. The van der Waals surface area contributed by atoms with Crippen LogP contribution in [0.5, 0.6) is 0 Å². The van der Waals surface area contributed by atoms with Gasteiger partial charge in [-0.25, -0.2) is 0 Å². The summed E-state index contributed by atoms with van der Waals surface area (Å²) in [5.74, 6) is 0. The summed E-state index contributed by atoms with van der Waals surface area (Å²) in [6, 6.07) is 7.68. The van der Waals surface area contributed by atoms with Crippen LogP contribution in [0.25, 0.3) is 0 Å². The van der Waals surface area contributed by atoms with E-state index in [9.17, 15) is 0 Å². The molecule has 1 aliphatic rings. The van der Waals surface area contributed by atoms with Gasteiger partial charge in [0.25, 0.3) is 0 Å². The van der Waals surface area contributed by atoms with Crippen LogP contribution in [0.15, 0.2) is 31.4 Å². The lowest BCUT2D eigenvalue weighted by molar-refractivity contribution is 0.498. The van der Waals surface area contributed by atoms with Gasteiger partial charge in [0, 0.05) is 17.8 Å². The summed E-state index contributed by atoms with van der Waals surface area (Å²) in [6.07, 6.45) is 1.16. The fourth-order valence-corrected chi connectivity index (χ4v) is 2.18. The maximum atomic E-state index is 3.51. The molecule has 0 amide bonds. The first-order valence-corrected chi connectivity index (χ1v) is 5.75. The number of hydrogen-bond donors (Lipinski definition) is 2. The molecule has 0 fully saturated rings. The third-order valence-electron chi connectivity index (χ3n) is 2.92. The van der Waals surface area contributed by atoms with E-state index in [-0.39, 0.29) is 0 Å². The minimum Gasteiger partial charge on any atom is -0.382 e. The summed E-state index contributed by atoms with van der Waals surface area (Å²) in [4.78, 5) is 0. The molecule has 0 radical (unpaired) electrons. The average molecular weight is 218 g/mol. The molecule has 1 heterocycles. The van der Waals surface area contributed by atoms with E-state index < -0.39 is 0 Å². The van der Waals surface area contributed by atoms with Gasteiger partial charge in [0.15, 0.2) is 0 Å². The van der Waals surface area contributed by atoms with Gasteiger partial charge < -0.3 is 10.6 Å². The number of aryl methyl sites for hydroxylation is 1. The van der Waals surface area contributed by atoms with Gasteiger partial charge in [-0.05, 0) is 38.9 Å². The molecule has 0 spiro atoms. The van der Waals surface area contributed by atoms with Crippen molar-refractivity contribution in [2.24, 2.45) is 0 Å². The molecule has 2 atom stereocenters. The van der Waals surface area contributed by atoms with E-state index in [1.165, 1.54) is 16.8 Å².